The normalized spacial score (nSPS) is 15.8. The molecule has 124 valence electrons. The summed E-state index contributed by atoms with van der Waals surface area (Å²) in [5.74, 6) is 0.561. The van der Waals surface area contributed by atoms with E-state index in [-0.39, 0.29) is 0 Å². The lowest BCUT2D eigenvalue weighted by Crippen LogP contribution is -2.45. The SMILES string of the molecule is CN1CCN(CCNc2nnc(-c3ccccc3)cc2C#N)CC1. The van der Waals surface area contributed by atoms with Gasteiger partial charge in [0, 0.05) is 44.8 Å². The van der Waals surface area contributed by atoms with Crippen LogP contribution in [0, 0.1) is 11.3 Å². The summed E-state index contributed by atoms with van der Waals surface area (Å²) in [6, 6.07) is 13.8. The van der Waals surface area contributed by atoms with Gasteiger partial charge in [0.25, 0.3) is 0 Å². The summed E-state index contributed by atoms with van der Waals surface area (Å²) in [6.07, 6.45) is 0. The second-order valence-electron chi connectivity index (χ2n) is 6.04. The molecule has 1 N–H and O–H groups in total. The first-order valence-electron chi connectivity index (χ1n) is 8.24. The van der Waals surface area contributed by atoms with Crippen molar-refractivity contribution in [3.05, 3.63) is 42.0 Å². The summed E-state index contributed by atoms with van der Waals surface area (Å²) in [5.41, 5.74) is 2.21. The Balaban J connectivity index is 1.61. The van der Waals surface area contributed by atoms with Crippen molar-refractivity contribution in [3.8, 4) is 17.3 Å². The van der Waals surface area contributed by atoms with Gasteiger partial charge in [-0.3, -0.25) is 4.90 Å². The van der Waals surface area contributed by atoms with E-state index in [1.807, 2.05) is 30.3 Å². The van der Waals surface area contributed by atoms with Crippen molar-refractivity contribution >= 4 is 5.82 Å². The zero-order valence-corrected chi connectivity index (χ0v) is 13.9. The third kappa shape index (κ3) is 4.07. The molecule has 0 amide bonds. The lowest BCUT2D eigenvalue weighted by molar-refractivity contribution is 0.158. The molecule has 2 heterocycles. The molecular formula is C18H22N6. The maximum Gasteiger partial charge on any atom is 0.166 e. The van der Waals surface area contributed by atoms with Crippen LogP contribution in [0.1, 0.15) is 5.56 Å². The third-order valence-corrected chi connectivity index (χ3v) is 4.30. The van der Waals surface area contributed by atoms with Gasteiger partial charge in [-0.2, -0.15) is 5.26 Å². The van der Waals surface area contributed by atoms with Gasteiger partial charge in [-0.05, 0) is 13.1 Å². The first-order chi connectivity index (χ1) is 11.8. The Morgan fingerprint density at radius 2 is 1.88 bits per heavy atom. The largest absolute Gasteiger partial charge is 0.366 e. The number of hydrogen-bond acceptors (Lipinski definition) is 6. The van der Waals surface area contributed by atoms with Gasteiger partial charge in [0.1, 0.15) is 6.07 Å². The zero-order valence-electron chi connectivity index (χ0n) is 13.9. The van der Waals surface area contributed by atoms with Crippen LogP contribution < -0.4 is 5.32 Å². The van der Waals surface area contributed by atoms with Crippen LogP contribution in [0.3, 0.4) is 0 Å². The summed E-state index contributed by atoms with van der Waals surface area (Å²) < 4.78 is 0. The maximum absolute atomic E-state index is 9.39. The van der Waals surface area contributed by atoms with E-state index in [1.165, 1.54) is 0 Å². The van der Waals surface area contributed by atoms with Crippen molar-refractivity contribution in [2.45, 2.75) is 0 Å². The van der Waals surface area contributed by atoms with Gasteiger partial charge in [-0.15, -0.1) is 10.2 Å². The zero-order chi connectivity index (χ0) is 16.8. The molecule has 0 saturated carbocycles. The highest BCUT2D eigenvalue weighted by molar-refractivity contribution is 5.64. The number of rotatable bonds is 5. The summed E-state index contributed by atoms with van der Waals surface area (Å²) in [5, 5.41) is 21.1. The second-order valence-corrected chi connectivity index (χ2v) is 6.04. The minimum atomic E-state index is 0.530. The fourth-order valence-corrected chi connectivity index (χ4v) is 2.76. The molecule has 0 spiro atoms. The number of anilines is 1. The Hall–Kier alpha value is -2.49. The molecule has 6 nitrogen and oxygen atoms in total. The number of piperazine rings is 1. The smallest absolute Gasteiger partial charge is 0.166 e. The van der Waals surface area contributed by atoms with Gasteiger partial charge >= 0.3 is 0 Å². The van der Waals surface area contributed by atoms with Crippen LogP contribution in [0.2, 0.25) is 0 Å². The predicted octanol–water partition coefficient (Wildman–Crippen LogP) is 1.67. The molecule has 6 heteroatoms. The van der Waals surface area contributed by atoms with Gasteiger partial charge in [0.05, 0.1) is 11.3 Å². The van der Waals surface area contributed by atoms with Crippen molar-refractivity contribution in [2.75, 3.05) is 51.6 Å². The number of nitrogens with zero attached hydrogens (tertiary/aromatic N) is 5. The van der Waals surface area contributed by atoms with Crippen molar-refractivity contribution in [1.29, 1.82) is 5.26 Å². The number of hydrogen-bond donors (Lipinski definition) is 1. The Morgan fingerprint density at radius 3 is 2.58 bits per heavy atom. The first-order valence-corrected chi connectivity index (χ1v) is 8.24. The molecule has 2 aromatic rings. The van der Waals surface area contributed by atoms with Crippen LogP contribution in [0.4, 0.5) is 5.82 Å². The highest BCUT2D eigenvalue weighted by atomic mass is 15.3. The van der Waals surface area contributed by atoms with Crippen LogP contribution in [-0.4, -0.2) is 66.3 Å². The van der Waals surface area contributed by atoms with Crippen LogP contribution >= 0.6 is 0 Å². The molecular weight excluding hydrogens is 300 g/mol. The molecule has 1 aliphatic rings. The molecule has 24 heavy (non-hydrogen) atoms. The molecule has 1 aromatic carbocycles. The van der Waals surface area contributed by atoms with E-state index in [4.69, 9.17) is 0 Å². The fraction of sp³-hybridized carbons (Fsp3) is 0.389. The maximum atomic E-state index is 9.39. The highest BCUT2D eigenvalue weighted by Crippen LogP contribution is 2.19. The molecule has 1 aromatic heterocycles. The molecule has 3 rings (SSSR count). The summed E-state index contributed by atoms with van der Waals surface area (Å²) in [6.45, 7) is 6.09. The van der Waals surface area contributed by atoms with E-state index in [0.717, 1.165) is 50.5 Å². The van der Waals surface area contributed by atoms with E-state index in [9.17, 15) is 5.26 Å². The van der Waals surface area contributed by atoms with Crippen molar-refractivity contribution in [3.63, 3.8) is 0 Å². The molecule has 1 saturated heterocycles. The topological polar surface area (TPSA) is 68.1 Å². The quantitative estimate of drug-likeness (QED) is 0.903. The molecule has 0 bridgehead atoms. The monoisotopic (exact) mass is 322 g/mol. The van der Waals surface area contributed by atoms with Crippen LogP contribution in [0.5, 0.6) is 0 Å². The Morgan fingerprint density at radius 1 is 1.12 bits per heavy atom. The van der Waals surface area contributed by atoms with Gasteiger partial charge < -0.3 is 10.2 Å². The van der Waals surface area contributed by atoms with Crippen molar-refractivity contribution < 1.29 is 0 Å². The van der Waals surface area contributed by atoms with Gasteiger partial charge in [-0.25, -0.2) is 0 Å². The Labute approximate surface area is 142 Å². The minimum absolute atomic E-state index is 0.530. The molecule has 1 fully saturated rings. The first kappa shape index (κ1) is 16.4. The molecule has 0 atom stereocenters. The average molecular weight is 322 g/mol. The van der Waals surface area contributed by atoms with Crippen molar-refractivity contribution in [2.24, 2.45) is 0 Å². The molecule has 1 aliphatic heterocycles. The summed E-state index contributed by atoms with van der Waals surface area (Å²) in [7, 11) is 2.15. The molecule has 0 radical (unpaired) electrons. The molecule has 0 unspecified atom stereocenters. The van der Waals surface area contributed by atoms with E-state index in [2.05, 4.69) is 38.4 Å². The van der Waals surface area contributed by atoms with Gasteiger partial charge in [0.15, 0.2) is 5.82 Å². The number of nitriles is 1. The van der Waals surface area contributed by atoms with Crippen LogP contribution in [0.15, 0.2) is 36.4 Å². The molecule has 0 aliphatic carbocycles. The summed E-state index contributed by atoms with van der Waals surface area (Å²) in [4.78, 5) is 4.76. The van der Waals surface area contributed by atoms with E-state index >= 15 is 0 Å². The minimum Gasteiger partial charge on any atom is -0.366 e. The standard InChI is InChI=1S/C18H22N6/c1-23-9-11-24(12-10-23)8-7-20-18-16(14-19)13-17(21-22-18)15-5-3-2-4-6-15/h2-6,13H,7-12H2,1H3,(H,20,22). The van der Waals surface area contributed by atoms with E-state index in [1.54, 1.807) is 6.07 Å². The van der Waals surface area contributed by atoms with E-state index in [0.29, 0.717) is 11.4 Å². The van der Waals surface area contributed by atoms with Crippen LogP contribution in [-0.2, 0) is 0 Å². The van der Waals surface area contributed by atoms with Gasteiger partial charge in [-0.1, -0.05) is 30.3 Å². The number of aromatic nitrogens is 2. The Kier molecular flexibility index (Phi) is 5.36. The average Bonchev–Trinajstić information content (AvgIpc) is 2.64. The Bertz CT molecular complexity index is 701. The number of benzene rings is 1. The predicted molar refractivity (Wildman–Crippen MR) is 94.6 cm³/mol. The lowest BCUT2D eigenvalue weighted by Gasteiger charge is -2.32. The second kappa shape index (κ2) is 7.86. The van der Waals surface area contributed by atoms with Gasteiger partial charge in [0.2, 0.25) is 0 Å². The van der Waals surface area contributed by atoms with Crippen LogP contribution in [0.25, 0.3) is 11.3 Å². The summed E-state index contributed by atoms with van der Waals surface area (Å²) >= 11 is 0. The third-order valence-electron chi connectivity index (χ3n) is 4.30. The van der Waals surface area contributed by atoms with Crippen molar-refractivity contribution in [1.82, 2.24) is 20.0 Å². The number of nitrogens with one attached hydrogen (secondary N) is 1. The van der Waals surface area contributed by atoms with E-state index < -0.39 is 0 Å². The lowest BCUT2D eigenvalue weighted by atomic mass is 10.1. The fourth-order valence-electron chi connectivity index (χ4n) is 2.76. The number of likely N-dealkylation sites (N-methyl/N-ethyl adjacent to an activating group) is 1. The highest BCUT2D eigenvalue weighted by Gasteiger charge is 2.13.